The fourth-order valence-corrected chi connectivity index (χ4v) is 3.92. The van der Waals surface area contributed by atoms with E-state index in [4.69, 9.17) is 0 Å². The van der Waals surface area contributed by atoms with Gasteiger partial charge in [-0.05, 0) is 73.2 Å². The van der Waals surface area contributed by atoms with Crippen molar-refractivity contribution in [1.82, 2.24) is 5.32 Å². The number of carbonyl (C=O) groups is 1. The van der Waals surface area contributed by atoms with E-state index >= 15 is 0 Å². The van der Waals surface area contributed by atoms with Crippen molar-refractivity contribution >= 4 is 21.6 Å². The lowest BCUT2D eigenvalue weighted by atomic mass is 10.0. The van der Waals surface area contributed by atoms with E-state index in [9.17, 15) is 30.8 Å². The molecule has 3 aromatic carbocycles. The van der Waals surface area contributed by atoms with Gasteiger partial charge < -0.3 is 5.32 Å². The van der Waals surface area contributed by atoms with Crippen LogP contribution in [0.15, 0.2) is 77.7 Å². The molecule has 0 aliphatic heterocycles. The summed E-state index contributed by atoms with van der Waals surface area (Å²) in [6, 6.07) is 13.7. The first-order chi connectivity index (χ1) is 15.0. The van der Waals surface area contributed by atoms with Crippen LogP contribution in [0, 0.1) is 5.82 Å². The number of amides is 1. The molecule has 5 nitrogen and oxygen atoms in total. The second kappa shape index (κ2) is 8.99. The van der Waals surface area contributed by atoms with Crippen molar-refractivity contribution in [2.75, 3.05) is 4.72 Å². The summed E-state index contributed by atoms with van der Waals surface area (Å²) in [6.07, 6.45) is -4.49. The van der Waals surface area contributed by atoms with Gasteiger partial charge in [0.05, 0.1) is 16.5 Å². The average Bonchev–Trinajstić information content (AvgIpc) is 2.73. The summed E-state index contributed by atoms with van der Waals surface area (Å²) >= 11 is 0. The maximum atomic E-state index is 13.0. The number of benzene rings is 3. The third kappa shape index (κ3) is 5.64. The zero-order chi connectivity index (χ0) is 23.5. The number of anilines is 1. The Balaban J connectivity index is 1.68. The van der Waals surface area contributed by atoms with Crippen molar-refractivity contribution < 1.29 is 30.8 Å². The third-order valence-electron chi connectivity index (χ3n) is 4.58. The van der Waals surface area contributed by atoms with Gasteiger partial charge in [-0.3, -0.25) is 9.52 Å². The Hall–Kier alpha value is -3.40. The van der Waals surface area contributed by atoms with Crippen molar-refractivity contribution in [2.24, 2.45) is 0 Å². The molecule has 0 saturated heterocycles. The Labute approximate surface area is 182 Å². The Bertz CT molecular complexity index is 1210. The molecule has 0 aliphatic rings. The van der Waals surface area contributed by atoms with Gasteiger partial charge in [0.25, 0.3) is 15.9 Å². The van der Waals surface area contributed by atoms with Gasteiger partial charge >= 0.3 is 6.18 Å². The normalized spacial score (nSPS) is 12.8. The number of sulfonamides is 1. The number of rotatable bonds is 6. The van der Waals surface area contributed by atoms with Crippen LogP contribution < -0.4 is 10.0 Å². The Morgan fingerprint density at radius 2 is 1.56 bits per heavy atom. The van der Waals surface area contributed by atoms with Crippen LogP contribution >= 0.6 is 0 Å². The number of nitrogens with one attached hydrogen (secondary N) is 2. The van der Waals surface area contributed by atoms with Crippen molar-refractivity contribution in [3.63, 3.8) is 0 Å². The zero-order valence-corrected chi connectivity index (χ0v) is 17.5. The third-order valence-corrected chi connectivity index (χ3v) is 5.98. The van der Waals surface area contributed by atoms with E-state index in [-0.39, 0.29) is 21.7 Å². The molecule has 1 atom stereocenters. The molecule has 0 unspecified atom stereocenters. The summed E-state index contributed by atoms with van der Waals surface area (Å²) in [4.78, 5) is 12.3. The number of hydrogen-bond acceptors (Lipinski definition) is 3. The predicted molar refractivity (Wildman–Crippen MR) is 111 cm³/mol. The summed E-state index contributed by atoms with van der Waals surface area (Å²) < 4.78 is 78.6. The standard InChI is InChI=1S/C22H18F4N2O3S/c1-14(16-3-2-4-17(13-16)22(24,25)26)27-21(29)15-5-9-19(10-6-15)28-32(30,31)20-11-7-18(23)8-12-20/h2-14,28H,1H3,(H,27,29)/t14-/m1/s1. The topological polar surface area (TPSA) is 75.3 Å². The molecule has 0 aliphatic carbocycles. The van der Waals surface area contributed by atoms with E-state index < -0.39 is 39.5 Å². The van der Waals surface area contributed by atoms with Gasteiger partial charge in [0.15, 0.2) is 0 Å². The lowest BCUT2D eigenvalue weighted by Gasteiger charge is -2.16. The maximum absolute atomic E-state index is 13.0. The van der Waals surface area contributed by atoms with Crippen LogP contribution in [0.25, 0.3) is 0 Å². The molecule has 0 radical (unpaired) electrons. The highest BCUT2D eigenvalue weighted by molar-refractivity contribution is 7.92. The molecule has 0 heterocycles. The van der Waals surface area contributed by atoms with E-state index in [0.29, 0.717) is 0 Å². The zero-order valence-electron chi connectivity index (χ0n) is 16.7. The Morgan fingerprint density at radius 1 is 0.938 bits per heavy atom. The van der Waals surface area contributed by atoms with E-state index in [2.05, 4.69) is 10.0 Å². The van der Waals surface area contributed by atoms with Gasteiger partial charge in [0.2, 0.25) is 0 Å². The van der Waals surface area contributed by atoms with E-state index in [1.54, 1.807) is 6.92 Å². The van der Waals surface area contributed by atoms with Gasteiger partial charge in [-0.1, -0.05) is 12.1 Å². The number of hydrogen-bond donors (Lipinski definition) is 2. The lowest BCUT2D eigenvalue weighted by molar-refractivity contribution is -0.137. The smallest absolute Gasteiger partial charge is 0.346 e. The largest absolute Gasteiger partial charge is 0.416 e. The molecule has 0 fully saturated rings. The van der Waals surface area contributed by atoms with Gasteiger partial charge in [-0.25, -0.2) is 12.8 Å². The first-order valence-corrected chi connectivity index (χ1v) is 10.8. The van der Waals surface area contributed by atoms with Gasteiger partial charge in [-0.2, -0.15) is 13.2 Å². The number of carbonyl (C=O) groups excluding carboxylic acids is 1. The van der Waals surface area contributed by atoms with Crippen molar-refractivity contribution in [1.29, 1.82) is 0 Å². The van der Waals surface area contributed by atoms with Crippen LogP contribution in [0.3, 0.4) is 0 Å². The molecule has 3 rings (SSSR count). The van der Waals surface area contributed by atoms with Crippen molar-refractivity contribution in [3.05, 3.63) is 95.3 Å². The highest BCUT2D eigenvalue weighted by Crippen LogP contribution is 2.30. The second-order valence-electron chi connectivity index (χ2n) is 6.96. The fraction of sp³-hybridized carbons (Fsp3) is 0.136. The quantitative estimate of drug-likeness (QED) is 0.494. The minimum Gasteiger partial charge on any atom is -0.346 e. The molecule has 0 saturated carbocycles. The molecular weight excluding hydrogens is 448 g/mol. The molecule has 2 N–H and O–H groups in total. The highest BCUT2D eigenvalue weighted by atomic mass is 32.2. The SMILES string of the molecule is C[C@@H](NC(=O)c1ccc(NS(=O)(=O)c2ccc(F)cc2)cc1)c1cccc(C(F)(F)F)c1. The summed E-state index contributed by atoms with van der Waals surface area (Å²) in [6.45, 7) is 1.55. The number of alkyl halides is 3. The lowest BCUT2D eigenvalue weighted by Crippen LogP contribution is -2.26. The summed E-state index contributed by atoms with van der Waals surface area (Å²) in [5, 5.41) is 2.61. The minimum absolute atomic E-state index is 0.129. The summed E-state index contributed by atoms with van der Waals surface area (Å²) in [5.41, 5.74) is -0.156. The van der Waals surface area contributed by atoms with Crippen LogP contribution in [-0.2, 0) is 16.2 Å². The van der Waals surface area contributed by atoms with Crippen LogP contribution in [0.4, 0.5) is 23.2 Å². The van der Waals surface area contributed by atoms with Crippen LogP contribution in [0.1, 0.15) is 34.5 Å². The van der Waals surface area contributed by atoms with Crippen LogP contribution in [-0.4, -0.2) is 14.3 Å². The fourth-order valence-electron chi connectivity index (χ4n) is 2.87. The number of halogens is 4. The monoisotopic (exact) mass is 466 g/mol. The van der Waals surface area contributed by atoms with E-state index in [0.717, 1.165) is 36.4 Å². The molecule has 3 aromatic rings. The van der Waals surface area contributed by atoms with Gasteiger partial charge in [0.1, 0.15) is 5.82 Å². The summed E-state index contributed by atoms with van der Waals surface area (Å²) in [5.74, 6) is -1.11. The second-order valence-corrected chi connectivity index (χ2v) is 8.64. The minimum atomic E-state index is -4.49. The van der Waals surface area contributed by atoms with E-state index in [1.165, 1.54) is 36.4 Å². The predicted octanol–water partition coefficient (Wildman–Crippen LogP) is 5.14. The molecule has 1 amide bonds. The molecular formula is C22H18F4N2O3S. The highest BCUT2D eigenvalue weighted by Gasteiger charge is 2.30. The first-order valence-electron chi connectivity index (χ1n) is 9.32. The first kappa shape index (κ1) is 23.3. The molecule has 10 heteroatoms. The Morgan fingerprint density at radius 3 is 2.16 bits per heavy atom. The van der Waals surface area contributed by atoms with Gasteiger partial charge in [0, 0.05) is 11.3 Å². The van der Waals surface area contributed by atoms with E-state index in [1.807, 2.05) is 0 Å². The molecule has 0 aromatic heterocycles. The molecule has 168 valence electrons. The Kier molecular flexibility index (Phi) is 6.54. The average molecular weight is 466 g/mol. The molecule has 0 spiro atoms. The van der Waals surface area contributed by atoms with Crippen LogP contribution in [0.5, 0.6) is 0 Å². The molecule has 0 bridgehead atoms. The van der Waals surface area contributed by atoms with Crippen molar-refractivity contribution in [2.45, 2.75) is 24.0 Å². The molecule has 32 heavy (non-hydrogen) atoms. The summed E-state index contributed by atoms with van der Waals surface area (Å²) in [7, 11) is -3.94. The van der Waals surface area contributed by atoms with Crippen LogP contribution in [0.2, 0.25) is 0 Å². The maximum Gasteiger partial charge on any atom is 0.416 e. The van der Waals surface area contributed by atoms with Crippen molar-refractivity contribution in [3.8, 4) is 0 Å². The van der Waals surface area contributed by atoms with Gasteiger partial charge in [-0.15, -0.1) is 0 Å².